The van der Waals surface area contributed by atoms with E-state index in [9.17, 15) is 0 Å². The van der Waals surface area contributed by atoms with Crippen molar-refractivity contribution in [3.05, 3.63) is 0 Å². The minimum atomic E-state index is 0.516. The molecule has 1 aliphatic carbocycles. The third kappa shape index (κ3) is 2.45. The van der Waals surface area contributed by atoms with Crippen LogP contribution in [-0.4, -0.2) is 29.5 Å². The lowest BCUT2D eigenvalue weighted by atomic mass is 9.84. The van der Waals surface area contributed by atoms with Gasteiger partial charge in [0.2, 0.25) is 0 Å². The molecule has 1 saturated heterocycles. The second-order valence-corrected chi connectivity index (χ2v) is 5.25. The molecule has 1 saturated carbocycles. The van der Waals surface area contributed by atoms with Gasteiger partial charge in [0.1, 0.15) is 0 Å². The fraction of sp³-hybridized carbons (Fsp3) is 0.909. The Balaban J connectivity index is 1.69. The van der Waals surface area contributed by atoms with Crippen LogP contribution in [0.25, 0.3) is 0 Å². The Morgan fingerprint density at radius 1 is 1.21 bits per heavy atom. The Labute approximate surface area is 91.8 Å². The molecule has 2 nitrogen and oxygen atoms in total. The lowest BCUT2D eigenvalue weighted by molar-refractivity contribution is 0.145. The Bertz CT molecular complexity index is 205. The number of thiocarbonyl (C=S) groups is 1. The van der Waals surface area contributed by atoms with E-state index in [2.05, 4.69) is 4.90 Å². The topological polar surface area (TPSA) is 29.3 Å². The fourth-order valence-corrected chi connectivity index (χ4v) is 2.68. The second kappa shape index (κ2) is 4.58. The number of nitrogens with zero attached hydrogens (tertiary/aromatic N) is 1. The highest BCUT2D eigenvalue weighted by atomic mass is 32.1. The van der Waals surface area contributed by atoms with Gasteiger partial charge in [0.15, 0.2) is 0 Å². The molecule has 0 radical (unpaired) electrons. The molecular formula is C11H20N2S. The molecule has 0 aromatic heterocycles. The number of likely N-dealkylation sites (tertiary alicyclic amines) is 1. The van der Waals surface area contributed by atoms with Crippen LogP contribution in [0.1, 0.15) is 32.1 Å². The van der Waals surface area contributed by atoms with Crippen LogP contribution >= 0.6 is 12.2 Å². The Kier molecular flexibility index (Phi) is 3.39. The second-order valence-electron chi connectivity index (χ2n) is 4.77. The maximum absolute atomic E-state index is 5.66. The van der Waals surface area contributed by atoms with Crippen molar-refractivity contribution < 1.29 is 0 Å². The molecule has 0 spiro atoms. The lowest BCUT2D eigenvalue weighted by Crippen LogP contribution is -2.41. The molecular weight excluding hydrogens is 192 g/mol. The molecule has 2 aliphatic rings. The maximum Gasteiger partial charge on any atom is 0.0759 e. The van der Waals surface area contributed by atoms with Gasteiger partial charge in [0.05, 0.1) is 4.99 Å². The van der Waals surface area contributed by atoms with Gasteiger partial charge in [0.25, 0.3) is 0 Å². The van der Waals surface area contributed by atoms with Gasteiger partial charge < -0.3 is 10.6 Å². The average molecular weight is 212 g/mol. The normalized spacial score (nSPS) is 26.0. The van der Waals surface area contributed by atoms with Gasteiger partial charge >= 0.3 is 0 Å². The summed E-state index contributed by atoms with van der Waals surface area (Å²) in [5, 5.41) is 0. The van der Waals surface area contributed by atoms with Crippen LogP contribution in [0.3, 0.4) is 0 Å². The van der Waals surface area contributed by atoms with E-state index in [-0.39, 0.29) is 0 Å². The number of rotatable bonds is 3. The van der Waals surface area contributed by atoms with Crippen LogP contribution in [0.15, 0.2) is 0 Å². The van der Waals surface area contributed by atoms with Crippen molar-refractivity contribution in [2.24, 2.45) is 17.6 Å². The van der Waals surface area contributed by atoms with Gasteiger partial charge in [-0.15, -0.1) is 0 Å². The van der Waals surface area contributed by atoms with Crippen molar-refractivity contribution in [3.8, 4) is 0 Å². The van der Waals surface area contributed by atoms with E-state index in [1.165, 1.54) is 51.7 Å². The van der Waals surface area contributed by atoms with Crippen LogP contribution in [0.2, 0.25) is 0 Å². The maximum atomic E-state index is 5.66. The summed E-state index contributed by atoms with van der Waals surface area (Å²) in [4.78, 5) is 3.33. The lowest BCUT2D eigenvalue weighted by Gasteiger charge is -2.36. The summed E-state index contributed by atoms with van der Waals surface area (Å²) in [6, 6.07) is 0. The van der Waals surface area contributed by atoms with E-state index in [0.717, 1.165) is 10.9 Å². The van der Waals surface area contributed by atoms with Crippen LogP contribution < -0.4 is 5.73 Å². The molecule has 0 aromatic carbocycles. The van der Waals surface area contributed by atoms with E-state index in [1.54, 1.807) is 0 Å². The molecule has 3 heteroatoms. The predicted octanol–water partition coefficient (Wildman–Crippen LogP) is 1.78. The molecule has 0 aromatic rings. The summed E-state index contributed by atoms with van der Waals surface area (Å²) in [7, 11) is 0. The zero-order valence-corrected chi connectivity index (χ0v) is 9.56. The molecule has 80 valence electrons. The van der Waals surface area contributed by atoms with Crippen molar-refractivity contribution in [2.75, 3.05) is 19.6 Å². The van der Waals surface area contributed by atoms with E-state index in [4.69, 9.17) is 18.0 Å². The fourth-order valence-electron chi connectivity index (χ4n) is 2.44. The van der Waals surface area contributed by atoms with Crippen molar-refractivity contribution in [2.45, 2.75) is 32.1 Å². The molecule has 0 amide bonds. The highest BCUT2D eigenvalue weighted by Crippen LogP contribution is 2.28. The van der Waals surface area contributed by atoms with Crippen molar-refractivity contribution in [1.82, 2.24) is 4.90 Å². The van der Waals surface area contributed by atoms with Crippen molar-refractivity contribution >= 4 is 17.2 Å². The quantitative estimate of drug-likeness (QED) is 0.723. The van der Waals surface area contributed by atoms with Crippen LogP contribution in [0, 0.1) is 11.8 Å². The smallest absolute Gasteiger partial charge is 0.0759 e. The molecule has 1 aliphatic heterocycles. The summed E-state index contributed by atoms with van der Waals surface area (Å²) in [5.74, 6) is 1.51. The zero-order valence-electron chi connectivity index (χ0n) is 8.74. The third-order valence-corrected chi connectivity index (χ3v) is 4.06. The SMILES string of the molecule is NC(=S)C1CCN(CC2CCC2)CC1. The first-order valence-electron chi connectivity index (χ1n) is 5.77. The van der Waals surface area contributed by atoms with E-state index < -0.39 is 0 Å². The van der Waals surface area contributed by atoms with Gasteiger partial charge in [-0.2, -0.15) is 0 Å². The molecule has 2 rings (SSSR count). The first kappa shape index (κ1) is 10.4. The largest absolute Gasteiger partial charge is 0.393 e. The van der Waals surface area contributed by atoms with Gasteiger partial charge in [-0.05, 0) is 44.7 Å². The summed E-state index contributed by atoms with van der Waals surface area (Å²) in [5.41, 5.74) is 5.66. The highest BCUT2D eigenvalue weighted by molar-refractivity contribution is 7.80. The van der Waals surface area contributed by atoms with E-state index in [0.29, 0.717) is 5.92 Å². The number of hydrogen-bond donors (Lipinski definition) is 1. The monoisotopic (exact) mass is 212 g/mol. The summed E-state index contributed by atoms with van der Waals surface area (Å²) < 4.78 is 0. The minimum absolute atomic E-state index is 0.516. The molecule has 0 atom stereocenters. The van der Waals surface area contributed by atoms with E-state index >= 15 is 0 Å². The highest BCUT2D eigenvalue weighted by Gasteiger charge is 2.25. The first-order chi connectivity index (χ1) is 6.75. The third-order valence-electron chi connectivity index (χ3n) is 3.73. The molecule has 0 unspecified atom stereocenters. The standard InChI is InChI=1S/C11H20N2S/c12-11(14)10-4-6-13(7-5-10)8-9-2-1-3-9/h9-10H,1-8H2,(H2,12,14). The van der Waals surface area contributed by atoms with Crippen LogP contribution in [0.4, 0.5) is 0 Å². The molecule has 2 N–H and O–H groups in total. The average Bonchev–Trinajstić information content (AvgIpc) is 2.12. The van der Waals surface area contributed by atoms with Crippen LogP contribution in [-0.2, 0) is 0 Å². The van der Waals surface area contributed by atoms with Gasteiger partial charge in [-0.3, -0.25) is 0 Å². The Morgan fingerprint density at radius 2 is 1.86 bits per heavy atom. The first-order valence-corrected chi connectivity index (χ1v) is 6.18. The van der Waals surface area contributed by atoms with Gasteiger partial charge in [-0.1, -0.05) is 18.6 Å². The Hall–Kier alpha value is -0.150. The number of piperidine rings is 1. The van der Waals surface area contributed by atoms with Crippen molar-refractivity contribution in [1.29, 1.82) is 0 Å². The van der Waals surface area contributed by atoms with Crippen molar-refractivity contribution in [3.63, 3.8) is 0 Å². The summed E-state index contributed by atoms with van der Waals surface area (Å²) in [6.45, 7) is 3.74. The predicted molar refractivity (Wildman–Crippen MR) is 63.3 cm³/mol. The zero-order chi connectivity index (χ0) is 9.97. The summed E-state index contributed by atoms with van der Waals surface area (Å²) in [6.07, 6.45) is 6.72. The molecule has 1 heterocycles. The van der Waals surface area contributed by atoms with Crippen LogP contribution in [0.5, 0.6) is 0 Å². The number of hydrogen-bond acceptors (Lipinski definition) is 2. The Morgan fingerprint density at radius 3 is 2.29 bits per heavy atom. The molecule has 14 heavy (non-hydrogen) atoms. The van der Waals surface area contributed by atoms with Gasteiger partial charge in [0, 0.05) is 12.5 Å². The van der Waals surface area contributed by atoms with Gasteiger partial charge in [-0.25, -0.2) is 0 Å². The minimum Gasteiger partial charge on any atom is -0.393 e. The molecule has 2 fully saturated rings. The summed E-state index contributed by atoms with van der Waals surface area (Å²) >= 11 is 5.04. The molecule has 0 bridgehead atoms. The number of nitrogens with two attached hydrogens (primary N) is 1. The van der Waals surface area contributed by atoms with E-state index in [1.807, 2.05) is 0 Å².